The van der Waals surface area contributed by atoms with Crippen LogP contribution in [0.25, 0.3) is 0 Å². The Bertz CT molecular complexity index is 951. The number of halogens is 3. The van der Waals surface area contributed by atoms with Gasteiger partial charge in [0.05, 0.1) is 18.1 Å². The molecule has 1 unspecified atom stereocenters. The number of aromatic nitrogens is 2. The molecule has 10 heteroatoms. The van der Waals surface area contributed by atoms with Crippen LogP contribution in [0.15, 0.2) is 36.7 Å². The van der Waals surface area contributed by atoms with Gasteiger partial charge in [-0.1, -0.05) is 12.1 Å². The number of carbonyl (C=O) groups is 1. The summed E-state index contributed by atoms with van der Waals surface area (Å²) in [7, 11) is 1.34. The maximum absolute atomic E-state index is 13.7. The molecule has 0 spiro atoms. The molecule has 0 bridgehead atoms. The molecule has 0 saturated carbocycles. The number of amides is 1. The van der Waals surface area contributed by atoms with E-state index in [1.54, 1.807) is 12.1 Å². The third-order valence-electron chi connectivity index (χ3n) is 5.50. The van der Waals surface area contributed by atoms with Crippen molar-refractivity contribution in [2.75, 3.05) is 26.2 Å². The highest BCUT2D eigenvalue weighted by Crippen LogP contribution is 2.41. The van der Waals surface area contributed by atoms with Crippen molar-refractivity contribution in [3.8, 4) is 6.07 Å². The van der Waals surface area contributed by atoms with E-state index in [-0.39, 0.29) is 6.54 Å². The molecule has 1 aromatic carbocycles. The average molecular weight is 435 g/mol. The van der Waals surface area contributed by atoms with Crippen molar-refractivity contribution in [3.05, 3.63) is 53.6 Å². The van der Waals surface area contributed by atoms with Gasteiger partial charge in [0.25, 0.3) is 0 Å². The topological polar surface area (TPSA) is 85.4 Å². The zero-order valence-corrected chi connectivity index (χ0v) is 17.1. The first-order valence-electron chi connectivity index (χ1n) is 9.90. The molecule has 1 aromatic heterocycles. The SMILES string of the molecule is Cn1ccnc1C(O)(CC(=O)N1CCCN(Cc2ccc(C#N)cc2)CC1)C(F)(F)F. The molecule has 1 N–H and O–H groups in total. The first kappa shape index (κ1) is 22.8. The third-order valence-corrected chi connectivity index (χ3v) is 5.50. The molecule has 1 aliphatic rings. The first-order valence-corrected chi connectivity index (χ1v) is 9.90. The zero-order valence-electron chi connectivity index (χ0n) is 17.1. The Kier molecular flexibility index (Phi) is 6.67. The molecule has 1 amide bonds. The maximum Gasteiger partial charge on any atom is 0.425 e. The zero-order chi connectivity index (χ0) is 22.6. The molecular formula is C21H24F3N5O2. The molecule has 1 atom stereocenters. The lowest BCUT2D eigenvalue weighted by atomic mass is 9.96. The fourth-order valence-electron chi connectivity index (χ4n) is 3.72. The van der Waals surface area contributed by atoms with Gasteiger partial charge in [-0.05, 0) is 24.1 Å². The number of alkyl halides is 3. The minimum atomic E-state index is -5.05. The number of carbonyl (C=O) groups excluding carboxylic acids is 1. The second kappa shape index (κ2) is 9.08. The highest BCUT2D eigenvalue weighted by Gasteiger charge is 2.59. The highest BCUT2D eigenvalue weighted by atomic mass is 19.4. The van der Waals surface area contributed by atoms with Crippen LogP contribution in [0.3, 0.4) is 0 Å². The van der Waals surface area contributed by atoms with Crippen molar-refractivity contribution < 1.29 is 23.1 Å². The molecule has 3 rings (SSSR count). The molecule has 166 valence electrons. The largest absolute Gasteiger partial charge is 0.425 e. The molecule has 7 nitrogen and oxygen atoms in total. The standard InChI is InChI=1S/C21H24F3N5O2/c1-27-10-7-26-19(27)20(31,21(22,23)24)13-18(30)29-9-2-8-28(11-12-29)15-17-5-3-16(14-25)4-6-17/h3-7,10,31H,2,8-9,11-13,15H2,1H3. The van der Waals surface area contributed by atoms with Crippen LogP contribution in [0.4, 0.5) is 13.2 Å². The summed E-state index contributed by atoms with van der Waals surface area (Å²) in [5.74, 6) is -1.37. The van der Waals surface area contributed by atoms with E-state index >= 15 is 0 Å². The van der Waals surface area contributed by atoms with Crippen LogP contribution in [0.1, 0.15) is 29.8 Å². The van der Waals surface area contributed by atoms with E-state index in [4.69, 9.17) is 5.26 Å². The lowest BCUT2D eigenvalue weighted by Gasteiger charge is -2.31. The fourth-order valence-corrected chi connectivity index (χ4v) is 3.72. The predicted molar refractivity (Wildman–Crippen MR) is 105 cm³/mol. The quantitative estimate of drug-likeness (QED) is 0.778. The summed E-state index contributed by atoms with van der Waals surface area (Å²) in [6, 6.07) is 9.26. The summed E-state index contributed by atoms with van der Waals surface area (Å²) in [4.78, 5) is 19.9. The van der Waals surface area contributed by atoms with Crippen LogP contribution >= 0.6 is 0 Å². The summed E-state index contributed by atoms with van der Waals surface area (Å²) in [5, 5.41) is 19.3. The van der Waals surface area contributed by atoms with E-state index in [1.165, 1.54) is 18.1 Å². The van der Waals surface area contributed by atoms with Crippen molar-refractivity contribution in [2.45, 2.75) is 31.2 Å². The van der Waals surface area contributed by atoms with Crippen LogP contribution < -0.4 is 0 Å². The lowest BCUT2D eigenvalue weighted by Crippen LogP contribution is -2.49. The summed E-state index contributed by atoms with van der Waals surface area (Å²) in [5.41, 5.74) is -1.77. The number of rotatable bonds is 5. The fraction of sp³-hybridized carbons (Fsp3) is 0.476. The highest BCUT2D eigenvalue weighted by molar-refractivity contribution is 5.77. The van der Waals surface area contributed by atoms with Gasteiger partial charge in [0.1, 0.15) is 0 Å². The van der Waals surface area contributed by atoms with Gasteiger partial charge in [-0.15, -0.1) is 0 Å². The summed E-state index contributed by atoms with van der Waals surface area (Å²) in [6.45, 7) is 2.39. The van der Waals surface area contributed by atoms with Crippen molar-refractivity contribution in [2.24, 2.45) is 7.05 Å². The Morgan fingerprint density at radius 3 is 2.48 bits per heavy atom. The van der Waals surface area contributed by atoms with E-state index < -0.39 is 29.9 Å². The van der Waals surface area contributed by atoms with Gasteiger partial charge in [-0.25, -0.2) is 4.98 Å². The smallest absolute Gasteiger partial charge is 0.374 e. The summed E-state index contributed by atoms with van der Waals surface area (Å²) in [6.07, 6.45) is -3.10. The average Bonchev–Trinajstić information content (AvgIpc) is 3.02. The molecule has 2 aromatic rings. The van der Waals surface area contributed by atoms with E-state index in [0.717, 1.165) is 16.3 Å². The van der Waals surface area contributed by atoms with Crippen LogP contribution in [-0.4, -0.2) is 62.7 Å². The van der Waals surface area contributed by atoms with Gasteiger partial charge in [-0.3, -0.25) is 9.69 Å². The Hall–Kier alpha value is -2.90. The van der Waals surface area contributed by atoms with Crippen LogP contribution in [0.2, 0.25) is 0 Å². The Labute approximate surface area is 178 Å². The van der Waals surface area contributed by atoms with Gasteiger partial charge >= 0.3 is 6.18 Å². The first-order chi connectivity index (χ1) is 14.6. The number of aryl methyl sites for hydroxylation is 1. The third kappa shape index (κ3) is 5.06. The summed E-state index contributed by atoms with van der Waals surface area (Å²) < 4.78 is 42.2. The van der Waals surface area contributed by atoms with E-state index in [2.05, 4.69) is 16.0 Å². The van der Waals surface area contributed by atoms with E-state index in [9.17, 15) is 23.1 Å². The minimum absolute atomic E-state index is 0.267. The van der Waals surface area contributed by atoms with Gasteiger partial charge in [-0.2, -0.15) is 18.4 Å². The van der Waals surface area contributed by atoms with E-state index in [1.807, 2.05) is 12.1 Å². The van der Waals surface area contributed by atoms with Crippen LogP contribution in [-0.2, 0) is 24.0 Å². The number of hydrogen-bond donors (Lipinski definition) is 1. The molecule has 1 fully saturated rings. The molecule has 1 saturated heterocycles. The van der Waals surface area contributed by atoms with Crippen molar-refractivity contribution in [1.29, 1.82) is 5.26 Å². The van der Waals surface area contributed by atoms with Gasteiger partial charge < -0.3 is 14.6 Å². The molecule has 0 aliphatic carbocycles. The number of nitriles is 1. The van der Waals surface area contributed by atoms with Crippen molar-refractivity contribution in [3.63, 3.8) is 0 Å². The molecule has 31 heavy (non-hydrogen) atoms. The monoisotopic (exact) mass is 435 g/mol. The van der Waals surface area contributed by atoms with Gasteiger partial charge in [0.15, 0.2) is 5.82 Å². The Morgan fingerprint density at radius 2 is 1.90 bits per heavy atom. The molecule has 1 aliphatic heterocycles. The van der Waals surface area contributed by atoms with Crippen LogP contribution in [0.5, 0.6) is 0 Å². The molecule has 0 radical (unpaired) electrons. The Morgan fingerprint density at radius 1 is 1.19 bits per heavy atom. The van der Waals surface area contributed by atoms with Crippen molar-refractivity contribution >= 4 is 5.91 Å². The van der Waals surface area contributed by atoms with Gasteiger partial charge in [0.2, 0.25) is 11.5 Å². The Balaban J connectivity index is 1.65. The van der Waals surface area contributed by atoms with Crippen LogP contribution in [0, 0.1) is 11.3 Å². The molecular weight excluding hydrogens is 411 g/mol. The minimum Gasteiger partial charge on any atom is -0.374 e. The second-order valence-electron chi connectivity index (χ2n) is 7.72. The van der Waals surface area contributed by atoms with Crippen molar-refractivity contribution in [1.82, 2.24) is 19.4 Å². The summed E-state index contributed by atoms with van der Waals surface area (Å²) >= 11 is 0. The molecule has 2 heterocycles. The second-order valence-corrected chi connectivity index (χ2v) is 7.72. The number of hydrogen-bond acceptors (Lipinski definition) is 5. The number of imidazole rings is 1. The number of nitrogens with zero attached hydrogens (tertiary/aromatic N) is 5. The number of aliphatic hydroxyl groups is 1. The normalized spacial score (nSPS) is 17.6. The maximum atomic E-state index is 13.7. The predicted octanol–water partition coefficient (Wildman–Crippen LogP) is 2.17. The number of benzene rings is 1. The lowest BCUT2D eigenvalue weighted by molar-refractivity contribution is -0.272. The van der Waals surface area contributed by atoms with E-state index in [0.29, 0.717) is 38.2 Å². The van der Waals surface area contributed by atoms with Gasteiger partial charge in [0, 0.05) is 52.2 Å².